The van der Waals surface area contributed by atoms with Crippen LogP contribution in [-0.2, 0) is 17.1 Å². The number of aryl methyl sites for hydroxylation is 1. The van der Waals surface area contributed by atoms with E-state index in [9.17, 15) is 8.42 Å². The predicted octanol–water partition coefficient (Wildman–Crippen LogP) is 4.14. The molecule has 26 heavy (non-hydrogen) atoms. The zero-order valence-electron chi connectivity index (χ0n) is 14.5. The van der Waals surface area contributed by atoms with Crippen LogP contribution in [-0.4, -0.2) is 28.8 Å². The lowest BCUT2D eigenvalue weighted by Crippen LogP contribution is -2.39. The van der Waals surface area contributed by atoms with Gasteiger partial charge in [0.1, 0.15) is 5.82 Å². The third kappa shape index (κ3) is 2.92. The van der Waals surface area contributed by atoms with Gasteiger partial charge < -0.3 is 4.57 Å². The quantitative estimate of drug-likeness (QED) is 0.676. The summed E-state index contributed by atoms with van der Waals surface area (Å²) in [5, 5.41) is 0.419. The van der Waals surface area contributed by atoms with Gasteiger partial charge in [-0.25, -0.2) is 13.4 Å². The molecule has 0 radical (unpaired) electrons. The van der Waals surface area contributed by atoms with E-state index in [1.807, 2.05) is 35.9 Å². The third-order valence-corrected chi connectivity index (χ3v) is 7.12. The topological polar surface area (TPSA) is 55.2 Å². The van der Waals surface area contributed by atoms with E-state index >= 15 is 0 Å². The highest BCUT2D eigenvalue weighted by Crippen LogP contribution is 2.36. The van der Waals surface area contributed by atoms with Gasteiger partial charge in [-0.15, -0.1) is 0 Å². The highest BCUT2D eigenvalue weighted by Gasteiger charge is 2.36. The minimum Gasteiger partial charge on any atom is -0.330 e. The minimum absolute atomic E-state index is 0.232. The molecule has 3 aromatic rings. The van der Waals surface area contributed by atoms with Crippen LogP contribution in [0.3, 0.4) is 0 Å². The number of sulfonamides is 1. The van der Waals surface area contributed by atoms with Crippen LogP contribution in [0.4, 0.5) is 0 Å². The van der Waals surface area contributed by atoms with Gasteiger partial charge >= 0.3 is 0 Å². The molecule has 1 saturated heterocycles. The summed E-state index contributed by atoms with van der Waals surface area (Å²) in [4.78, 5) is 4.97. The zero-order chi connectivity index (χ0) is 18.3. The summed E-state index contributed by atoms with van der Waals surface area (Å²) in [7, 11) is -1.69. The van der Waals surface area contributed by atoms with Gasteiger partial charge in [0.2, 0.25) is 10.0 Å². The van der Waals surface area contributed by atoms with Gasteiger partial charge in [0, 0.05) is 18.6 Å². The van der Waals surface area contributed by atoms with E-state index in [-0.39, 0.29) is 10.9 Å². The van der Waals surface area contributed by atoms with Gasteiger partial charge in [-0.1, -0.05) is 36.2 Å². The van der Waals surface area contributed by atoms with E-state index in [0.29, 0.717) is 11.6 Å². The summed E-state index contributed by atoms with van der Waals surface area (Å²) in [5.74, 6) is 0.788. The Bertz CT molecular complexity index is 1060. The van der Waals surface area contributed by atoms with Crippen LogP contribution in [0.2, 0.25) is 5.02 Å². The number of piperidine rings is 1. The molecule has 0 amide bonds. The molecular formula is C19H20ClN3O2S. The fourth-order valence-electron chi connectivity index (χ4n) is 3.68. The Labute approximate surface area is 158 Å². The minimum atomic E-state index is -3.64. The maximum Gasteiger partial charge on any atom is 0.243 e. The second-order valence-electron chi connectivity index (χ2n) is 6.60. The highest BCUT2D eigenvalue weighted by atomic mass is 35.5. The Balaban J connectivity index is 1.80. The van der Waals surface area contributed by atoms with Crippen molar-refractivity contribution in [3.8, 4) is 0 Å². The molecule has 1 unspecified atom stereocenters. The Kier molecular flexibility index (Phi) is 4.50. The standard InChI is InChI=1S/C19H20ClN3O2S/c1-22-17-10-3-2-9-16(17)21-19(22)18-11-4-5-12-23(18)26(24,25)15-8-6-7-14(20)13-15/h2-3,6-10,13,18H,4-5,11-12H2,1H3. The summed E-state index contributed by atoms with van der Waals surface area (Å²) in [6.45, 7) is 0.489. The lowest BCUT2D eigenvalue weighted by atomic mass is 10.0. The monoisotopic (exact) mass is 389 g/mol. The Morgan fingerprint density at radius 3 is 2.69 bits per heavy atom. The molecular weight excluding hydrogens is 370 g/mol. The Morgan fingerprint density at radius 1 is 1.12 bits per heavy atom. The van der Waals surface area contributed by atoms with Gasteiger partial charge in [0.05, 0.1) is 22.0 Å². The van der Waals surface area contributed by atoms with Gasteiger partial charge in [-0.05, 0) is 43.2 Å². The first-order valence-electron chi connectivity index (χ1n) is 8.67. The fourth-order valence-corrected chi connectivity index (χ4v) is 5.63. The Hall–Kier alpha value is -1.89. The molecule has 4 rings (SSSR count). The summed E-state index contributed by atoms with van der Waals surface area (Å²) >= 11 is 6.02. The molecule has 1 atom stereocenters. The molecule has 0 bridgehead atoms. The fraction of sp³-hybridized carbons (Fsp3) is 0.316. The van der Waals surface area contributed by atoms with Crippen LogP contribution in [0.1, 0.15) is 31.1 Å². The number of rotatable bonds is 3. The van der Waals surface area contributed by atoms with Crippen LogP contribution in [0, 0.1) is 0 Å². The number of fused-ring (bicyclic) bond motifs is 1. The average molecular weight is 390 g/mol. The van der Waals surface area contributed by atoms with E-state index in [1.54, 1.807) is 22.5 Å². The van der Waals surface area contributed by atoms with Gasteiger partial charge in [-0.3, -0.25) is 0 Å². The normalized spacial score (nSPS) is 19.1. The van der Waals surface area contributed by atoms with Crippen molar-refractivity contribution in [1.29, 1.82) is 0 Å². The van der Waals surface area contributed by atoms with Crippen molar-refractivity contribution >= 4 is 32.7 Å². The maximum atomic E-state index is 13.3. The van der Waals surface area contributed by atoms with Crippen LogP contribution >= 0.6 is 11.6 Å². The summed E-state index contributed by atoms with van der Waals surface area (Å²) in [6, 6.07) is 14.1. The molecule has 0 spiro atoms. The van der Waals surface area contributed by atoms with Crippen molar-refractivity contribution in [3.63, 3.8) is 0 Å². The predicted molar refractivity (Wildman–Crippen MR) is 103 cm³/mol. The number of nitrogens with zero attached hydrogens (tertiary/aromatic N) is 3. The largest absolute Gasteiger partial charge is 0.330 e. The number of hydrogen-bond donors (Lipinski definition) is 0. The smallest absolute Gasteiger partial charge is 0.243 e. The molecule has 1 aliphatic heterocycles. The van der Waals surface area contributed by atoms with Gasteiger partial charge in [0.15, 0.2) is 0 Å². The highest BCUT2D eigenvalue weighted by molar-refractivity contribution is 7.89. The zero-order valence-corrected chi connectivity index (χ0v) is 16.0. The summed E-state index contributed by atoms with van der Waals surface area (Å²) < 4.78 is 30.2. The second kappa shape index (κ2) is 6.68. The SMILES string of the molecule is Cn1c(C2CCCCN2S(=O)(=O)c2cccc(Cl)c2)nc2ccccc21. The maximum absolute atomic E-state index is 13.3. The molecule has 1 fully saturated rings. The van der Waals surface area contributed by atoms with Crippen LogP contribution in [0.5, 0.6) is 0 Å². The van der Waals surface area contributed by atoms with Crippen molar-refractivity contribution in [2.24, 2.45) is 7.05 Å². The number of para-hydroxylation sites is 2. The van der Waals surface area contributed by atoms with Crippen LogP contribution in [0.25, 0.3) is 11.0 Å². The molecule has 136 valence electrons. The number of halogens is 1. The molecule has 2 aromatic carbocycles. The van der Waals surface area contributed by atoms with E-state index in [4.69, 9.17) is 16.6 Å². The first-order valence-corrected chi connectivity index (χ1v) is 10.5. The third-order valence-electron chi connectivity index (χ3n) is 4.98. The first kappa shape index (κ1) is 17.5. The molecule has 1 aliphatic rings. The molecule has 7 heteroatoms. The Morgan fingerprint density at radius 2 is 1.92 bits per heavy atom. The van der Waals surface area contributed by atoms with Gasteiger partial charge in [0.25, 0.3) is 0 Å². The molecule has 0 N–H and O–H groups in total. The molecule has 5 nitrogen and oxygen atoms in total. The summed E-state index contributed by atoms with van der Waals surface area (Å²) in [6.07, 6.45) is 2.59. The number of hydrogen-bond acceptors (Lipinski definition) is 3. The molecule has 0 aliphatic carbocycles. The van der Waals surface area contributed by atoms with E-state index < -0.39 is 10.0 Å². The van der Waals surface area contributed by atoms with Crippen LogP contribution < -0.4 is 0 Å². The van der Waals surface area contributed by atoms with E-state index in [2.05, 4.69) is 0 Å². The number of benzene rings is 2. The van der Waals surface area contributed by atoms with Crippen molar-refractivity contribution in [1.82, 2.24) is 13.9 Å². The molecule has 2 heterocycles. The van der Waals surface area contributed by atoms with Crippen molar-refractivity contribution in [2.45, 2.75) is 30.2 Å². The number of aromatic nitrogens is 2. The van der Waals surface area contributed by atoms with E-state index in [0.717, 1.165) is 36.1 Å². The summed E-state index contributed by atoms with van der Waals surface area (Å²) in [5.41, 5.74) is 1.89. The van der Waals surface area contributed by atoms with E-state index in [1.165, 1.54) is 6.07 Å². The van der Waals surface area contributed by atoms with Crippen LogP contribution in [0.15, 0.2) is 53.4 Å². The lowest BCUT2D eigenvalue weighted by Gasteiger charge is -2.34. The second-order valence-corrected chi connectivity index (χ2v) is 8.93. The van der Waals surface area contributed by atoms with Crippen molar-refractivity contribution < 1.29 is 8.42 Å². The molecule has 1 aromatic heterocycles. The van der Waals surface area contributed by atoms with Gasteiger partial charge in [-0.2, -0.15) is 4.31 Å². The molecule has 0 saturated carbocycles. The first-order chi connectivity index (χ1) is 12.5. The lowest BCUT2D eigenvalue weighted by molar-refractivity contribution is 0.243. The average Bonchev–Trinajstić information content (AvgIpc) is 2.99. The number of imidazole rings is 1. The van der Waals surface area contributed by atoms with Crippen molar-refractivity contribution in [2.75, 3.05) is 6.54 Å². The van der Waals surface area contributed by atoms with Crippen molar-refractivity contribution in [3.05, 3.63) is 59.4 Å².